The maximum Gasteiger partial charge on any atom is 0.261 e. The maximum atomic E-state index is 9.39. The molecule has 0 bridgehead atoms. The summed E-state index contributed by atoms with van der Waals surface area (Å²) in [6.45, 7) is 10.9. The lowest BCUT2D eigenvalue weighted by molar-refractivity contribution is 0.0318. The molecule has 0 aliphatic carbocycles. The third kappa shape index (κ3) is 3.81. The molecular formula is C25H32O4Si. The van der Waals surface area contributed by atoms with Crippen molar-refractivity contribution in [3.05, 3.63) is 73.3 Å². The molecule has 2 fully saturated rings. The van der Waals surface area contributed by atoms with Crippen molar-refractivity contribution >= 4 is 18.7 Å². The van der Waals surface area contributed by atoms with Gasteiger partial charge in [0.25, 0.3) is 8.32 Å². The predicted octanol–water partition coefficient (Wildman–Crippen LogP) is 3.03. The van der Waals surface area contributed by atoms with E-state index >= 15 is 0 Å². The second-order valence-electron chi connectivity index (χ2n) is 9.25. The monoisotopic (exact) mass is 424 g/mol. The van der Waals surface area contributed by atoms with E-state index in [1.54, 1.807) is 0 Å². The number of hydrogen-bond acceptors (Lipinski definition) is 4. The number of aliphatic hydroxyl groups is 1. The van der Waals surface area contributed by atoms with Crippen LogP contribution in [-0.2, 0) is 13.9 Å². The quantitative estimate of drug-likeness (QED) is 0.422. The lowest BCUT2D eigenvalue weighted by Gasteiger charge is -2.45. The Morgan fingerprint density at radius 3 is 2.03 bits per heavy atom. The summed E-state index contributed by atoms with van der Waals surface area (Å²) in [6.07, 6.45) is 2.04. The first kappa shape index (κ1) is 21.5. The Bertz CT molecular complexity index is 809. The van der Waals surface area contributed by atoms with E-state index in [2.05, 4.69) is 88.0 Å². The molecule has 2 aromatic rings. The number of hydrogen-bond donors (Lipinski definition) is 1. The van der Waals surface area contributed by atoms with Crippen molar-refractivity contribution in [3.63, 3.8) is 0 Å². The van der Waals surface area contributed by atoms with Crippen LogP contribution in [0.5, 0.6) is 0 Å². The Morgan fingerprint density at radius 1 is 1.03 bits per heavy atom. The molecule has 5 heteroatoms. The Morgan fingerprint density at radius 2 is 1.60 bits per heavy atom. The molecule has 0 radical (unpaired) electrons. The summed E-state index contributed by atoms with van der Waals surface area (Å²) in [7, 11) is -2.66. The summed E-state index contributed by atoms with van der Waals surface area (Å²) in [6, 6.07) is 21.3. The van der Waals surface area contributed by atoms with Crippen LogP contribution in [0.1, 0.15) is 27.2 Å². The van der Waals surface area contributed by atoms with E-state index in [0.29, 0.717) is 0 Å². The van der Waals surface area contributed by atoms with E-state index in [1.165, 1.54) is 10.4 Å². The van der Waals surface area contributed by atoms with Crippen LogP contribution in [0.4, 0.5) is 0 Å². The summed E-state index contributed by atoms with van der Waals surface area (Å²) in [4.78, 5) is 0. The van der Waals surface area contributed by atoms with E-state index in [-0.39, 0.29) is 42.2 Å². The van der Waals surface area contributed by atoms with Crippen LogP contribution in [0.25, 0.3) is 0 Å². The van der Waals surface area contributed by atoms with E-state index in [4.69, 9.17) is 13.9 Å². The first-order valence-electron chi connectivity index (χ1n) is 10.7. The molecule has 2 heterocycles. The molecule has 2 aromatic carbocycles. The first-order valence-corrected chi connectivity index (χ1v) is 12.6. The highest BCUT2D eigenvalue weighted by Crippen LogP contribution is 2.42. The number of ether oxygens (including phenoxy) is 2. The van der Waals surface area contributed by atoms with Gasteiger partial charge in [0.15, 0.2) is 0 Å². The summed E-state index contributed by atoms with van der Waals surface area (Å²) in [5.74, 6) is 0. The Labute approximate surface area is 180 Å². The van der Waals surface area contributed by atoms with Crippen molar-refractivity contribution in [1.82, 2.24) is 0 Å². The average Bonchev–Trinajstić information content (AvgIpc) is 3.44. The van der Waals surface area contributed by atoms with Gasteiger partial charge in [-0.15, -0.1) is 6.58 Å². The highest BCUT2D eigenvalue weighted by Gasteiger charge is 2.56. The van der Waals surface area contributed by atoms with Crippen LogP contribution in [0.15, 0.2) is 73.3 Å². The van der Waals surface area contributed by atoms with Gasteiger partial charge in [0.2, 0.25) is 0 Å². The fraction of sp³-hybridized carbons (Fsp3) is 0.440. The van der Waals surface area contributed by atoms with Gasteiger partial charge in [-0.25, -0.2) is 0 Å². The molecule has 0 unspecified atom stereocenters. The van der Waals surface area contributed by atoms with E-state index in [9.17, 15) is 5.11 Å². The standard InChI is InChI=1S/C25H32O4Si/c1-5-20-21(16-22(27-20)24-23(17-26)28-24)29-30(25(2,3)4,18-12-8-6-9-13-18)19-14-10-7-11-15-19/h5-15,20-24,26H,1,16-17H2,2-4H3/t20-,21+,22-,23-,24-/m1/s1. The number of benzene rings is 2. The zero-order chi connectivity index (χ0) is 21.4. The van der Waals surface area contributed by atoms with Gasteiger partial charge < -0.3 is 19.0 Å². The third-order valence-electron chi connectivity index (χ3n) is 6.31. The molecule has 160 valence electrons. The van der Waals surface area contributed by atoms with Crippen LogP contribution in [-0.4, -0.2) is 50.6 Å². The molecule has 4 nitrogen and oxygen atoms in total. The van der Waals surface area contributed by atoms with Crippen LogP contribution in [0, 0.1) is 0 Å². The van der Waals surface area contributed by atoms with E-state index in [0.717, 1.165) is 6.42 Å². The average molecular weight is 425 g/mol. The molecule has 1 N–H and O–H groups in total. The Balaban J connectivity index is 1.74. The summed E-state index contributed by atoms with van der Waals surface area (Å²) in [5.41, 5.74) is 0. The van der Waals surface area contributed by atoms with Crippen molar-refractivity contribution in [3.8, 4) is 0 Å². The van der Waals surface area contributed by atoms with Crippen LogP contribution in [0.2, 0.25) is 5.04 Å². The summed E-state index contributed by atoms with van der Waals surface area (Å²) < 4.78 is 19.1. The fourth-order valence-corrected chi connectivity index (χ4v) is 9.49. The lowest BCUT2D eigenvalue weighted by Crippen LogP contribution is -2.68. The second-order valence-corrected chi connectivity index (χ2v) is 13.5. The predicted molar refractivity (Wildman–Crippen MR) is 122 cm³/mol. The Kier molecular flexibility index (Phi) is 6.01. The van der Waals surface area contributed by atoms with Gasteiger partial charge in [0.05, 0.1) is 18.8 Å². The smallest absolute Gasteiger partial charge is 0.261 e. The van der Waals surface area contributed by atoms with Gasteiger partial charge >= 0.3 is 0 Å². The minimum atomic E-state index is -2.66. The zero-order valence-corrected chi connectivity index (χ0v) is 19.0. The molecule has 0 amide bonds. The molecule has 2 aliphatic rings. The van der Waals surface area contributed by atoms with Crippen molar-refractivity contribution in [1.29, 1.82) is 0 Å². The molecule has 2 aliphatic heterocycles. The molecule has 5 atom stereocenters. The Hall–Kier alpha value is -1.76. The van der Waals surface area contributed by atoms with Crippen LogP contribution < -0.4 is 10.4 Å². The second kappa shape index (κ2) is 8.40. The van der Waals surface area contributed by atoms with Gasteiger partial charge in [-0.3, -0.25) is 0 Å². The van der Waals surface area contributed by atoms with Crippen molar-refractivity contribution in [2.75, 3.05) is 6.61 Å². The number of aliphatic hydroxyl groups excluding tert-OH is 1. The maximum absolute atomic E-state index is 9.39. The van der Waals surface area contributed by atoms with Gasteiger partial charge in [-0.1, -0.05) is 87.5 Å². The van der Waals surface area contributed by atoms with Crippen LogP contribution in [0.3, 0.4) is 0 Å². The fourth-order valence-electron chi connectivity index (χ4n) is 4.79. The first-order chi connectivity index (χ1) is 14.4. The van der Waals surface area contributed by atoms with E-state index < -0.39 is 8.32 Å². The van der Waals surface area contributed by atoms with Crippen molar-refractivity contribution in [2.24, 2.45) is 0 Å². The molecule has 0 saturated carbocycles. The van der Waals surface area contributed by atoms with Gasteiger partial charge in [-0.2, -0.15) is 0 Å². The minimum Gasteiger partial charge on any atom is -0.401 e. The van der Waals surface area contributed by atoms with Gasteiger partial charge in [0.1, 0.15) is 18.3 Å². The highest BCUT2D eigenvalue weighted by molar-refractivity contribution is 6.99. The van der Waals surface area contributed by atoms with Gasteiger partial charge in [0, 0.05) is 6.42 Å². The largest absolute Gasteiger partial charge is 0.401 e. The third-order valence-corrected chi connectivity index (χ3v) is 11.4. The zero-order valence-electron chi connectivity index (χ0n) is 18.0. The topological polar surface area (TPSA) is 51.2 Å². The molecular weight excluding hydrogens is 392 g/mol. The molecule has 2 saturated heterocycles. The number of rotatable bonds is 7. The highest BCUT2D eigenvalue weighted by atomic mass is 28.4. The van der Waals surface area contributed by atoms with Crippen LogP contribution >= 0.6 is 0 Å². The van der Waals surface area contributed by atoms with Gasteiger partial charge in [-0.05, 0) is 15.4 Å². The minimum absolute atomic E-state index is 0.0313. The lowest BCUT2D eigenvalue weighted by atomic mass is 10.1. The van der Waals surface area contributed by atoms with E-state index in [1.807, 2.05) is 6.08 Å². The SMILES string of the molecule is C=C[C@H]1O[C@@H]([C@H]2O[C@@H]2CO)C[C@@H]1O[Si](c1ccccc1)(c1ccccc1)C(C)(C)C. The summed E-state index contributed by atoms with van der Waals surface area (Å²) in [5, 5.41) is 11.8. The van der Waals surface area contributed by atoms with Crippen molar-refractivity contribution < 1.29 is 19.0 Å². The normalized spacial score (nSPS) is 29.0. The van der Waals surface area contributed by atoms with Crippen molar-refractivity contribution in [2.45, 2.75) is 62.8 Å². The molecule has 0 aromatic heterocycles. The summed E-state index contributed by atoms with van der Waals surface area (Å²) >= 11 is 0. The number of epoxide rings is 1. The molecule has 4 rings (SSSR count). The molecule has 30 heavy (non-hydrogen) atoms. The molecule has 0 spiro atoms.